The number of nitrogens with zero attached hydrogens (tertiary/aromatic N) is 2. The average Bonchev–Trinajstić information content (AvgIpc) is 2.83. The first-order valence-electron chi connectivity index (χ1n) is 6.93. The highest BCUT2D eigenvalue weighted by Gasteiger charge is 2.57. The Labute approximate surface area is 105 Å². The molecule has 0 aromatic heterocycles. The maximum absolute atomic E-state index is 8.68. The van der Waals surface area contributed by atoms with Gasteiger partial charge in [0.05, 0.1) is 12.2 Å². The number of hydrogen-bond acceptors (Lipinski definition) is 3. The zero-order chi connectivity index (χ0) is 12.3. The second kappa shape index (κ2) is 5.37. The van der Waals surface area contributed by atoms with Gasteiger partial charge in [-0.05, 0) is 33.2 Å². The first-order chi connectivity index (χ1) is 8.24. The molecule has 0 aromatic rings. The second-order valence-electron chi connectivity index (χ2n) is 5.52. The van der Waals surface area contributed by atoms with Gasteiger partial charge < -0.3 is 9.64 Å². The fraction of sp³-hybridized carbons (Fsp3) is 0.929. The van der Waals surface area contributed by atoms with Gasteiger partial charge in [-0.25, -0.2) is 0 Å². The molecule has 3 nitrogen and oxygen atoms in total. The van der Waals surface area contributed by atoms with E-state index >= 15 is 0 Å². The van der Waals surface area contributed by atoms with Crippen molar-refractivity contribution in [3.63, 3.8) is 0 Å². The minimum atomic E-state index is 0.417. The molecule has 0 saturated heterocycles. The molecule has 2 saturated carbocycles. The predicted molar refractivity (Wildman–Crippen MR) is 67.6 cm³/mol. The summed E-state index contributed by atoms with van der Waals surface area (Å²) in [6.07, 6.45) is 7.62. The van der Waals surface area contributed by atoms with Crippen molar-refractivity contribution in [2.75, 3.05) is 20.2 Å². The van der Waals surface area contributed by atoms with Crippen LogP contribution in [0, 0.1) is 16.7 Å². The summed E-state index contributed by atoms with van der Waals surface area (Å²) >= 11 is 0. The maximum atomic E-state index is 8.68. The molecule has 2 aliphatic rings. The number of ether oxygens (including phenoxy) is 1. The summed E-state index contributed by atoms with van der Waals surface area (Å²) in [4.78, 5) is 2.39. The van der Waals surface area contributed by atoms with Crippen molar-refractivity contribution in [3.8, 4) is 6.07 Å². The molecule has 2 aliphatic carbocycles. The van der Waals surface area contributed by atoms with Gasteiger partial charge >= 0.3 is 0 Å². The van der Waals surface area contributed by atoms with Crippen LogP contribution in [0.3, 0.4) is 0 Å². The Balaban J connectivity index is 1.97. The Bertz CT molecular complexity index is 291. The van der Waals surface area contributed by atoms with Crippen LogP contribution in [0.1, 0.15) is 45.4 Å². The minimum absolute atomic E-state index is 0.417. The lowest BCUT2D eigenvalue weighted by Crippen LogP contribution is -2.63. The van der Waals surface area contributed by atoms with E-state index in [2.05, 4.69) is 24.9 Å². The van der Waals surface area contributed by atoms with Gasteiger partial charge in [0.1, 0.15) is 0 Å². The van der Waals surface area contributed by atoms with E-state index in [4.69, 9.17) is 10.00 Å². The number of hydrogen-bond donors (Lipinski definition) is 0. The molecular formula is C14H24N2O. The topological polar surface area (TPSA) is 36.3 Å². The van der Waals surface area contributed by atoms with Crippen LogP contribution in [0.15, 0.2) is 0 Å². The molecule has 3 heteroatoms. The third-order valence-electron chi connectivity index (χ3n) is 4.75. The van der Waals surface area contributed by atoms with Gasteiger partial charge in [0.25, 0.3) is 0 Å². The second-order valence-corrected chi connectivity index (χ2v) is 5.52. The molecule has 2 unspecified atom stereocenters. The summed E-state index contributed by atoms with van der Waals surface area (Å²) in [6, 6.07) is 2.89. The quantitative estimate of drug-likeness (QED) is 0.736. The van der Waals surface area contributed by atoms with Crippen LogP contribution < -0.4 is 0 Å². The van der Waals surface area contributed by atoms with E-state index in [1.807, 2.05) is 0 Å². The Kier molecular flexibility index (Phi) is 4.06. The summed E-state index contributed by atoms with van der Waals surface area (Å²) in [5, 5.41) is 8.68. The lowest BCUT2D eigenvalue weighted by molar-refractivity contribution is -0.160. The van der Waals surface area contributed by atoms with Gasteiger partial charge in [-0.2, -0.15) is 5.26 Å². The molecule has 1 spiro atoms. The van der Waals surface area contributed by atoms with E-state index < -0.39 is 0 Å². The fourth-order valence-corrected chi connectivity index (χ4v) is 3.85. The summed E-state index contributed by atoms with van der Waals surface area (Å²) < 4.78 is 5.91. The lowest BCUT2D eigenvalue weighted by Gasteiger charge is -2.57. The predicted octanol–water partition coefficient (Wildman–Crippen LogP) is 2.57. The van der Waals surface area contributed by atoms with E-state index in [1.54, 1.807) is 0 Å². The standard InChI is InChI=1S/C14H24N2O/c1-3-17-13-11-12(16(2)10-6-9-15)14(13)7-4-5-8-14/h12-13H,3-8,10-11H2,1-2H3. The van der Waals surface area contributed by atoms with Crippen LogP contribution >= 0.6 is 0 Å². The number of nitriles is 1. The van der Waals surface area contributed by atoms with E-state index in [0.29, 0.717) is 24.0 Å². The van der Waals surface area contributed by atoms with Crippen molar-refractivity contribution >= 4 is 0 Å². The number of rotatable bonds is 5. The summed E-state index contributed by atoms with van der Waals surface area (Å²) in [5.41, 5.74) is 0.417. The van der Waals surface area contributed by atoms with E-state index in [9.17, 15) is 0 Å². The first kappa shape index (κ1) is 12.9. The highest BCUT2D eigenvalue weighted by atomic mass is 16.5. The van der Waals surface area contributed by atoms with Crippen molar-refractivity contribution < 1.29 is 4.74 Å². The Morgan fingerprint density at radius 2 is 2.12 bits per heavy atom. The van der Waals surface area contributed by atoms with Crippen LogP contribution in [-0.2, 0) is 4.74 Å². The smallest absolute Gasteiger partial charge is 0.0661 e. The lowest BCUT2D eigenvalue weighted by atomic mass is 9.60. The molecule has 96 valence electrons. The van der Waals surface area contributed by atoms with Gasteiger partial charge in [-0.1, -0.05) is 12.8 Å². The molecule has 0 heterocycles. The molecule has 0 radical (unpaired) electrons. The molecule has 0 bridgehead atoms. The van der Waals surface area contributed by atoms with Crippen LogP contribution in [0.5, 0.6) is 0 Å². The van der Waals surface area contributed by atoms with Crippen LogP contribution in [-0.4, -0.2) is 37.2 Å². The van der Waals surface area contributed by atoms with Crippen molar-refractivity contribution in [2.24, 2.45) is 5.41 Å². The largest absolute Gasteiger partial charge is 0.378 e. The third kappa shape index (κ3) is 2.21. The molecule has 2 atom stereocenters. The Hall–Kier alpha value is -0.590. The normalized spacial score (nSPS) is 30.5. The van der Waals surface area contributed by atoms with Gasteiger partial charge in [0.15, 0.2) is 0 Å². The fourth-order valence-electron chi connectivity index (χ4n) is 3.85. The molecule has 17 heavy (non-hydrogen) atoms. The summed E-state index contributed by atoms with van der Waals surface area (Å²) in [5.74, 6) is 0. The monoisotopic (exact) mass is 236 g/mol. The molecule has 0 N–H and O–H groups in total. The van der Waals surface area contributed by atoms with Crippen LogP contribution in [0.25, 0.3) is 0 Å². The molecule has 2 rings (SSSR count). The van der Waals surface area contributed by atoms with Crippen molar-refractivity contribution in [3.05, 3.63) is 0 Å². The maximum Gasteiger partial charge on any atom is 0.0661 e. The van der Waals surface area contributed by atoms with Crippen molar-refractivity contribution in [2.45, 2.75) is 57.6 Å². The SMILES string of the molecule is CCOC1CC(N(C)CCC#N)C12CCCC2. The molecular weight excluding hydrogens is 212 g/mol. The van der Waals surface area contributed by atoms with Gasteiger partial charge in [0, 0.05) is 31.0 Å². The summed E-state index contributed by atoms with van der Waals surface area (Å²) in [7, 11) is 2.17. The third-order valence-corrected chi connectivity index (χ3v) is 4.75. The summed E-state index contributed by atoms with van der Waals surface area (Å²) in [6.45, 7) is 3.83. The Morgan fingerprint density at radius 3 is 2.71 bits per heavy atom. The van der Waals surface area contributed by atoms with Crippen LogP contribution in [0.2, 0.25) is 0 Å². The van der Waals surface area contributed by atoms with Gasteiger partial charge in [0.2, 0.25) is 0 Å². The average molecular weight is 236 g/mol. The molecule has 0 aliphatic heterocycles. The first-order valence-corrected chi connectivity index (χ1v) is 6.93. The minimum Gasteiger partial charge on any atom is -0.378 e. The van der Waals surface area contributed by atoms with Crippen molar-refractivity contribution in [1.82, 2.24) is 4.90 Å². The van der Waals surface area contributed by atoms with Gasteiger partial charge in [-0.3, -0.25) is 0 Å². The molecule has 0 amide bonds. The van der Waals surface area contributed by atoms with Gasteiger partial charge in [-0.15, -0.1) is 0 Å². The van der Waals surface area contributed by atoms with E-state index in [-0.39, 0.29) is 0 Å². The molecule has 0 aromatic carbocycles. The Morgan fingerprint density at radius 1 is 1.41 bits per heavy atom. The highest BCUT2D eigenvalue weighted by molar-refractivity contribution is 5.10. The molecule has 2 fully saturated rings. The zero-order valence-corrected chi connectivity index (χ0v) is 11.1. The van der Waals surface area contributed by atoms with Crippen LogP contribution in [0.4, 0.5) is 0 Å². The highest BCUT2D eigenvalue weighted by Crippen LogP contribution is 2.56. The zero-order valence-electron chi connectivity index (χ0n) is 11.1. The van der Waals surface area contributed by atoms with E-state index in [0.717, 1.165) is 19.6 Å². The van der Waals surface area contributed by atoms with Crippen molar-refractivity contribution in [1.29, 1.82) is 5.26 Å². The van der Waals surface area contributed by atoms with E-state index in [1.165, 1.54) is 25.7 Å².